The summed E-state index contributed by atoms with van der Waals surface area (Å²) in [5.41, 5.74) is 2.91. The predicted octanol–water partition coefficient (Wildman–Crippen LogP) is 3.17. The molecule has 1 atom stereocenters. The normalized spacial score (nSPS) is 20.2. The van der Waals surface area contributed by atoms with E-state index in [9.17, 15) is 14.0 Å². The third-order valence-electron chi connectivity index (χ3n) is 6.56. The molecule has 1 fully saturated rings. The highest BCUT2D eigenvalue weighted by Crippen LogP contribution is 2.24. The number of halogens is 1. The zero-order chi connectivity index (χ0) is 23.2. The third-order valence-corrected chi connectivity index (χ3v) is 6.56. The van der Waals surface area contributed by atoms with Crippen LogP contribution in [0.15, 0.2) is 48.5 Å². The smallest absolute Gasteiger partial charge is 0.240 e. The fraction of sp³-hybridized carbons (Fsp3) is 0.462. The lowest BCUT2D eigenvalue weighted by Gasteiger charge is -2.30. The Bertz CT molecular complexity index is 959. The highest BCUT2D eigenvalue weighted by molar-refractivity contribution is 5.92. The van der Waals surface area contributed by atoms with E-state index in [-0.39, 0.29) is 23.7 Å². The molecular weight excluding hydrogens is 419 g/mol. The Morgan fingerprint density at radius 3 is 2.52 bits per heavy atom. The molecule has 4 rings (SSSR count). The van der Waals surface area contributed by atoms with Crippen LogP contribution in [0.2, 0.25) is 0 Å². The Balaban J connectivity index is 1.60. The van der Waals surface area contributed by atoms with Gasteiger partial charge in [0.15, 0.2) is 0 Å². The maximum atomic E-state index is 13.4. The lowest BCUT2D eigenvalue weighted by Crippen LogP contribution is -2.46. The van der Waals surface area contributed by atoms with Crippen molar-refractivity contribution in [2.45, 2.75) is 45.3 Å². The molecule has 0 aliphatic carbocycles. The van der Waals surface area contributed by atoms with Crippen molar-refractivity contribution in [2.75, 3.05) is 37.6 Å². The lowest BCUT2D eigenvalue weighted by atomic mass is 10.1. The fourth-order valence-electron chi connectivity index (χ4n) is 4.78. The Morgan fingerprint density at radius 1 is 1.00 bits per heavy atom. The van der Waals surface area contributed by atoms with Gasteiger partial charge in [-0.25, -0.2) is 4.39 Å². The van der Waals surface area contributed by atoms with Crippen molar-refractivity contribution in [3.8, 4) is 0 Å². The summed E-state index contributed by atoms with van der Waals surface area (Å²) in [5, 5.41) is 3.33. The molecule has 0 spiro atoms. The van der Waals surface area contributed by atoms with E-state index >= 15 is 0 Å². The largest absolute Gasteiger partial charge is 0.336 e. The van der Waals surface area contributed by atoms with E-state index in [2.05, 4.69) is 10.2 Å². The van der Waals surface area contributed by atoms with Crippen molar-refractivity contribution >= 4 is 17.5 Å². The Labute approximate surface area is 195 Å². The highest BCUT2D eigenvalue weighted by atomic mass is 19.1. The van der Waals surface area contributed by atoms with Gasteiger partial charge in [0.25, 0.3) is 0 Å². The molecule has 2 amide bonds. The number of para-hydroxylation sites is 1. The number of benzene rings is 2. The van der Waals surface area contributed by atoms with Crippen molar-refractivity contribution in [1.82, 2.24) is 15.1 Å². The van der Waals surface area contributed by atoms with Crippen LogP contribution in [-0.2, 0) is 22.7 Å². The number of nitrogens with one attached hydrogen (secondary N) is 1. The zero-order valence-electron chi connectivity index (χ0n) is 19.3. The van der Waals surface area contributed by atoms with E-state index in [1.807, 2.05) is 46.2 Å². The molecule has 0 saturated carbocycles. The van der Waals surface area contributed by atoms with Gasteiger partial charge in [-0.1, -0.05) is 30.3 Å². The molecule has 7 heteroatoms. The fourth-order valence-corrected chi connectivity index (χ4v) is 4.78. The number of nitrogens with zero attached hydrogens (tertiary/aromatic N) is 3. The number of hydrogen-bond acceptors (Lipinski definition) is 4. The topological polar surface area (TPSA) is 55.9 Å². The van der Waals surface area contributed by atoms with E-state index in [4.69, 9.17) is 0 Å². The molecule has 33 heavy (non-hydrogen) atoms. The van der Waals surface area contributed by atoms with E-state index < -0.39 is 0 Å². The monoisotopic (exact) mass is 452 g/mol. The first-order chi connectivity index (χ1) is 16.0. The van der Waals surface area contributed by atoms with Gasteiger partial charge in [0.1, 0.15) is 5.82 Å². The summed E-state index contributed by atoms with van der Waals surface area (Å²) in [6, 6.07) is 14.3. The summed E-state index contributed by atoms with van der Waals surface area (Å²) in [6.07, 6.45) is 2.68. The van der Waals surface area contributed by atoms with Gasteiger partial charge in [-0.05, 0) is 55.1 Å². The second-order valence-electron chi connectivity index (χ2n) is 8.96. The third kappa shape index (κ3) is 5.97. The highest BCUT2D eigenvalue weighted by Gasteiger charge is 2.28. The first-order valence-corrected chi connectivity index (χ1v) is 11.9. The van der Waals surface area contributed by atoms with Gasteiger partial charge in [0.05, 0.1) is 6.04 Å². The van der Waals surface area contributed by atoms with Crippen molar-refractivity contribution < 1.29 is 14.0 Å². The first-order valence-electron chi connectivity index (χ1n) is 11.9. The molecule has 6 nitrogen and oxygen atoms in total. The number of hydrogen-bond donors (Lipinski definition) is 1. The molecule has 0 unspecified atom stereocenters. The van der Waals surface area contributed by atoms with E-state index in [1.165, 1.54) is 12.1 Å². The molecule has 0 bridgehead atoms. The van der Waals surface area contributed by atoms with Gasteiger partial charge >= 0.3 is 0 Å². The van der Waals surface area contributed by atoms with E-state index in [0.29, 0.717) is 26.2 Å². The second kappa shape index (κ2) is 10.9. The lowest BCUT2D eigenvalue weighted by molar-refractivity contribution is -0.134. The molecule has 2 aromatic carbocycles. The van der Waals surface area contributed by atoms with E-state index in [1.54, 1.807) is 6.92 Å². The minimum Gasteiger partial charge on any atom is -0.336 e. The van der Waals surface area contributed by atoms with Crippen molar-refractivity contribution in [3.63, 3.8) is 0 Å². The number of amides is 2. The summed E-state index contributed by atoms with van der Waals surface area (Å²) >= 11 is 0. The summed E-state index contributed by atoms with van der Waals surface area (Å²) < 4.78 is 13.4. The van der Waals surface area contributed by atoms with Crippen LogP contribution in [0.25, 0.3) is 0 Å². The number of fused-ring (bicyclic) bond motifs is 1. The zero-order valence-corrected chi connectivity index (χ0v) is 19.3. The predicted molar refractivity (Wildman–Crippen MR) is 127 cm³/mol. The van der Waals surface area contributed by atoms with Gasteiger partial charge < -0.3 is 15.1 Å². The molecule has 2 aromatic rings. The molecule has 2 heterocycles. The molecule has 2 aliphatic rings. The van der Waals surface area contributed by atoms with Crippen LogP contribution >= 0.6 is 0 Å². The van der Waals surface area contributed by atoms with Crippen LogP contribution in [0.3, 0.4) is 0 Å². The number of carbonyl (C=O) groups excluding carboxylic acids is 2. The van der Waals surface area contributed by atoms with Gasteiger partial charge in [-0.15, -0.1) is 0 Å². The van der Waals surface area contributed by atoms with Gasteiger partial charge in [0.2, 0.25) is 11.8 Å². The SMILES string of the molecule is CC(=O)N1CCCN(Cc2ccc(F)cc2)CCN(C(=O)[C@@H]2CCCN2)Cc2ccccc21. The number of carbonyl (C=O) groups is 2. The first kappa shape index (κ1) is 23.4. The van der Waals surface area contributed by atoms with E-state index in [0.717, 1.165) is 55.7 Å². The van der Waals surface area contributed by atoms with Crippen LogP contribution < -0.4 is 10.2 Å². The standard InChI is InChI=1S/C26H33FN4O2/c1-20(32)31-15-5-14-29(18-21-9-11-23(27)12-10-21)16-17-30(26(33)24-7-4-13-28-24)19-22-6-2-3-8-25(22)31/h2-3,6,8-12,24,28H,4-5,7,13-19H2,1H3/t24-/m0/s1. The van der Waals surface area contributed by atoms with Crippen molar-refractivity contribution in [1.29, 1.82) is 0 Å². The summed E-state index contributed by atoms with van der Waals surface area (Å²) in [7, 11) is 0. The van der Waals surface area contributed by atoms with Crippen LogP contribution in [0, 0.1) is 5.82 Å². The van der Waals surface area contributed by atoms with Gasteiger partial charge in [-0.3, -0.25) is 14.5 Å². The second-order valence-corrected chi connectivity index (χ2v) is 8.96. The summed E-state index contributed by atoms with van der Waals surface area (Å²) in [4.78, 5) is 32.0. The minimum atomic E-state index is -0.244. The Morgan fingerprint density at radius 2 is 1.79 bits per heavy atom. The average Bonchev–Trinajstić information content (AvgIpc) is 3.34. The average molecular weight is 453 g/mol. The van der Waals surface area contributed by atoms with Gasteiger partial charge in [-0.2, -0.15) is 0 Å². The van der Waals surface area contributed by atoms with Crippen molar-refractivity contribution in [3.05, 3.63) is 65.5 Å². The number of anilines is 1. The van der Waals surface area contributed by atoms with Gasteiger partial charge in [0, 0.05) is 51.9 Å². The Kier molecular flexibility index (Phi) is 7.73. The molecule has 2 aliphatic heterocycles. The summed E-state index contributed by atoms with van der Waals surface area (Å²) in [5.74, 6) is -0.119. The number of rotatable bonds is 3. The van der Waals surface area contributed by atoms with Crippen LogP contribution in [-0.4, -0.2) is 60.4 Å². The maximum Gasteiger partial charge on any atom is 0.240 e. The van der Waals surface area contributed by atoms with Crippen LogP contribution in [0.4, 0.5) is 10.1 Å². The summed E-state index contributed by atoms with van der Waals surface area (Å²) in [6.45, 7) is 6.34. The molecular formula is C26H33FN4O2. The minimum absolute atomic E-state index is 0.00196. The van der Waals surface area contributed by atoms with Crippen molar-refractivity contribution in [2.24, 2.45) is 0 Å². The van der Waals surface area contributed by atoms with Crippen LogP contribution in [0.1, 0.15) is 37.3 Å². The maximum absolute atomic E-state index is 13.4. The molecule has 0 aromatic heterocycles. The molecule has 1 saturated heterocycles. The molecule has 176 valence electrons. The molecule has 0 radical (unpaired) electrons. The van der Waals surface area contributed by atoms with Crippen LogP contribution in [0.5, 0.6) is 0 Å². The Hall–Kier alpha value is -2.77. The molecule has 1 N–H and O–H groups in total. The quantitative estimate of drug-likeness (QED) is 0.777.